The molecule has 0 aromatic rings. The van der Waals surface area contributed by atoms with Gasteiger partial charge >= 0.3 is 7.82 Å². The van der Waals surface area contributed by atoms with Crippen LogP contribution in [0.25, 0.3) is 0 Å². The van der Waals surface area contributed by atoms with Gasteiger partial charge in [-0.2, -0.15) is 0 Å². The van der Waals surface area contributed by atoms with Crippen molar-refractivity contribution in [3.05, 3.63) is 0 Å². The molecule has 4 aliphatic rings. The first kappa shape index (κ1) is 73.0. The number of phosphoric ester groups is 1. The highest BCUT2D eigenvalue weighted by Crippen LogP contribution is 2.43. The third-order valence-electron chi connectivity index (χ3n) is 15.3. The predicted molar refractivity (Wildman–Crippen MR) is 283 cm³/mol. The van der Waals surface area contributed by atoms with E-state index in [1.165, 1.54) is 0 Å². The smallest absolute Gasteiger partial charge is 0.394 e. The highest BCUT2D eigenvalue weighted by molar-refractivity contribution is 7.47. The van der Waals surface area contributed by atoms with Gasteiger partial charge in [-0.1, -0.05) is 20.8 Å². The topological polar surface area (TPSA) is 430 Å². The van der Waals surface area contributed by atoms with Gasteiger partial charge in [0.2, 0.25) is 5.91 Å². The van der Waals surface area contributed by atoms with E-state index < -0.39 is 208 Å². The van der Waals surface area contributed by atoms with E-state index in [4.69, 9.17) is 47.2 Å². The maximum Gasteiger partial charge on any atom is 0.471 e. The average molecular weight is 1220 g/mol. The molecule has 4 fully saturated rings. The Hall–Kier alpha value is -2.50. The van der Waals surface area contributed by atoms with E-state index in [1.807, 2.05) is 0 Å². The molecule has 4 rings (SSSR count). The molecule has 29 nitrogen and oxygen atoms in total. The second-order valence-electron chi connectivity index (χ2n) is 22.2. The largest absolute Gasteiger partial charge is 0.471 e. The first-order chi connectivity index (χ1) is 39.4. The number of nitrogens with zero attached hydrogens (tertiary/aromatic N) is 1. The Balaban J connectivity index is 1.42. The third-order valence-corrected chi connectivity index (χ3v) is 16.2. The molecular formula is C53H92NO28P. The van der Waals surface area contributed by atoms with Crippen LogP contribution in [-0.2, 0) is 80.2 Å². The van der Waals surface area contributed by atoms with Crippen molar-refractivity contribution in [3.63, 3.8) is 0 Å². The number of aliphatic hydroxyl groups excluding tert-OH is 10. The molecule has 0 radical (unpaired) electrons. The molecule has 18 atom stereocenters. The first-order valence-electron chi connectivity index (χ1n) is 28.4. The van der Waals surface area contributed by atoms with Crippen LogP contribution in [0.5, 0.6) is 0 Å². The quantitative estimate of drug-likeness (QED) is 0.0173. The van der Waals surface area contributed by atoms with Crippen LogP contribution in [0.2, 0.25) is 0 Å². The van der Waals surface area contributed by atoms with E-state index in [1.54, 1.807) is 20.8 Å². The molecule has 83 heavy (non-hydrogen) atoms. The standard InChI is InChI=1S/C53H92NO28P/c1-31-44(64)47(67)40(21-55)80-50(31)76-14-8-5-11-35(58)25-73-28-53(19-38(61)18-43(63)54-20-39(62)17-34(54)24-79-83(70,71)72-4,29-74-26-36(59)12-6-9-15-77-51-32(2)45(65)48(68)41(22-56)81-51)30-75-27-37(60)13-7-10-16-78-52-33(3)46(66)49(69)42(23-57)82-52/h31-34,39-42,44-52,55-57,62,64-69H,5-30H2,1-4H3,(H,70,71)/t31-,32-,33-,34-,39+,40?,41?,42?,44?,45?,46?,47-,48-,49-,50+,51+,52+,53?/m0/s1. The van der Waals surface area contributed by atoms with Crippen molar-refractivity contribution < 1.29 is 136 Å². The van der Waals surface area contributed by atoms with E-state index in [2.05, 4.69) is 4.52 Å². The number of ketones is 4. The normalized spacial score (nSPS) is 32.7. The van der Waals surface area contributed by atoms with Crippen LogP contribution < -0.4 is 0 Å². The Bertz CT molecular complexity index is 1850. The summed E-state index contributed by atoms with van der Waals surface area (Å²) in [4.78, 5) is 78.5. The molecule has 11 N–H and O–H groups in total. The number of ether oxygens (including phenoxy) is 9. The molecule has 4 heterocycles. The zero-order chi connectivity index (χ0) is 61.4. The molecule has 0 aromatic carbocycles. The van der Waals surface area contributed by atoms with Crippen LogP contribution in [0.1, 0.15) is 97.8 Å². The van der Waals surface area contributed by atoms with Crippen LogP contribution >= 0.6 is 7.82 Å². The second-order valence-corrected chi connectivity index (χ2v) is 23.8. The fourth-order valence-corrected chi connectivity index (χ4v) is 10.5. The highest BCUT2D eigenvalue weighted by Gasteiger charge is 2.45. The van der Waals surface area contributed by atoms with E-state index in [0.29, 0.717) is 38.5 Å². The SMILES string of the molecule is COP(=O)(O)OC[C@@H]1C[C@@H](O)CN1C(=O)CC(=O)CC(COCC(=O)CCCCO[C@@H]1OC(CO)[C@H](O)C(O)[C@@H]1C)(COCC(=O)CCCCO[C@@H]1OC(CO)[C@H](O)C(O)[C@@H]1C)COCC(=O)CCCCO[C@@H]1OC(CO)[C@H](O)C(O)[C@@H]1C. The maximum atomic E-state index is 14.1. The zero-order valence-electron chi connectivity index (χ0n) is 48.0. The van der Waals surface area contributed by atoms with Gasteiger partial charge < -0.3 is 103 Å². The predicted octanol–water partition coefficient (Wildman–Crippen LogP) is -2.41. The molecule has 0 spiro atoms. The maximum absolute atomic E-state index is 14.1. The number of phosphoric acid groups is 1. The summed E-state index contributed by atoms with van der Waals surface area (Å²) in [5.41, 5.74) is -1.55. The summed E-state index contributed by atoms with van der Waals surface area (Å²) in [6.07, 6.45) is -13.6. The monoisotopic (exact) mass is 1220 g/mol. The van der Waals surface area contributed by atoms with Crippen molar-refractivity contribution in [2.75, 3.05) is 99.5 Å². The molecule has 7 unspecified atom stereocenters. The average Bonchev–Trinajstić information content (AvgIpc) is 3.93. The van der Waals surface area contributed by atoms with Gasteiger partial charge in [-0.15, -0.1) is 0 Å². The molecule has 0 saturated carbocycles. The van der Waals surface area contributed by atoms with Gasteiger partial charge in [0.25, 0.3) is 0 Å². The number of rotatable bonds is 41. The zero-order valence-corrected chi connectivity index (χ0v) is 48.8. The van der Waals surface area contributed by atoms with Crippen molar-refractivity contribution in [1.29, 1.82) is 0 Å². The molecule has 482 valence electrons. The van der Waals surface area contributed by atoms with Gasteiger partial charge in [0.1, 0.15) is 62.2 Å². The number of carbonyl (C=O) groups excluding carboxylic acids is 5. The summed E-state index contributed by atoms with van der Waals surface area (Å²) >= 11 is 0. The lowest BCUT2D eigenvalue weighted by Crippen LogP contribution is -2.55. The van der Waals surface area contributed by atoms with Gasteiger partial charge in [-0.3, -0.25) is 33.0 Å². The fraction of sp³-hybridized carbons (Fsp3) is 0.906. The Labute approximate surface area is 483 Å². The number of likely N-dealkylation sites (tertiary alicyclic amines) is 1. The number of β-amino-alcohol motifs (C(OH)–C–C–N with tert-alkyl or cyclic N) is 1. The van der Waals surface area contributed by atoms with Crippen molar-refractivity contribution in [2.24, 2.45) is 23.2 Å². The molecule has 30 heteroatoms. The third kappa shape index (κ3) is 23.5. The van der Waals surface area contributed by atoms with E-state index in [0.717, 1.165) is 12.0 Å². The van der Waals surface area contributed by atoms with E-state index >= 15 is 0 Å². The lowest BCUT2D eigenvalue weighted by atomic mass is 9.84. The fourth-order valence-electron chi connectivity index (χ4n) is 10.1. The molecule has 0 aromatic heterocycles. The number of unbranched alkanes of at least 4 members (excludes halogenated alkanes) is 3. The summed E-state index contributed by atoms with van der Waals surface area (Å²) < 4.78 is 73.4. The molecule has 0 bridgehead atoms. The van der Waals surface area contributed by atoms with Gasteiger partial charge in [0, 0.05) is 82.3 Å². The van der Waals surface area contributed by atoms with Crippen LogP contribution in [0.15, 0.2) is 0 Å². The number of hydrogen-bond donors (Lipinski definition) is 11. The number of carbonyl (C=O) groups is 5. The Morgan fingerprint density at radius 1 is 0.554 bits per heavy atom. The minimum absolute atomic E-state index is 0.0160. The van der Waals surface area contributed by atoms with E-state index in [9.17, 15) is 84.5 Å². The van der Waals surface area contributed by atoms with Crippen LogP contribution in [0.4, 0.5) is 0 Å². The molecule has 4 saturated heterocycles. The number of aliphatic hydroxyl groups is 10. The van der Waals surface area contributed by atoms with Gasteiger partial charge in [-0.25, -0.2) is 4.57 Å². The van der Waals surface area contributed by atoms with Crippen molar-refractivity contribution in [2.45, 2.75) is 184 Å². The van der Waals surface area contributed by atoms with Gasteiger partial charge in [-0.05, 0) is 44.9 Å². The van der Waals surface area contributed by atoms with Crippen molar-refractivity contribution in [1.82, 2.24) is 4.90 Å². The lowest BCUT2D eigenvalue weighted by Gasteiger charge is -2.40. The highest BCUT2D eigenvalue weighted by atomic mass is 31.2. The summed E-state index contributed by atoms with van der Waals surface area (Å²) in [6.45, 7) is 0.155. The van der Waals surface area contributed by atoms with Gasteiger partial charge in [0.15, 0.2) is 36.2 Å². The molecule has 1 amide bonds. The summed E-state index contributed by atoms with van der Waals surface area (Å²) in [6, 6.07) is -0.910. The van der Waals surface area contributed by atoms with Crippen molar-refractivity contribution in [3.8, 4) is 0 Å². The Kier molecular flexibility index (Phi) is 32.3. The minimum atomic E-state index is -4.48. The van der Waals surface area contributed by atoms with Gasteiger partial charge in [0.05, 0.1) is 83.1 Å². The number of amides is 1. The lowest BCUT2D eigenvalue weighted by molar-refractivity contribution is -0.282. The first-order valence-corrected chi connectivity index (χ1v) is 29.9. The molecule has 4 aliphatic heterocycles. The van der Waals surface area contributed by atoms with Crippen LogP contribution in [-0.4, -0.2) is 275 Å². The molecule has 0 aliphatic carbocycles. The van der Waals surface area contributed by atoms with Crippen LogP contribution in [0, 0.1) is 23.2 Å². The molecular weight excluding hydrogens is 1130 g/mol. The number of hydrogen-bond acceptors (Lipinski definition) is 27. The Morgan fingerprint density at radius 2 is 0.916 bits per heavy atom. The summed E-state index contributed by atoms with van der Waals surface area (Å²) in [5, 5.41) is 101. The minimum Gasteiger partial charge on any atom is -0.394 e. The number of Topliss-reactive ketones (excluding diaryl/α,β-unsaturated/α-hetero) is 4. The Morgan fingerprint density at radius 3 is 1.25 bits per heavy atom. The second kappa shape index (κ2) is 36.7. The summed E-state index contributed by atoms with van der Waals surface area (Å²) in [5.74, 6) is -4.39. The van der Waals surface area contributed by atoms with Crippen LogP contribution in [0.3, 0.4) is 0 Å². The summed E-state index contributed by atoms with van der Waals surface area (Å²) in [7, 11) is -3.53. The van der Waals surface area contributed by atoms with E-state index in [-0.39, 0.29) is 69.4 Å². The van der Waals surface area contributed by atoms with Crippen molar-refractivity contribution >= 4 is 36.9 Å².